The third kappa shape index (κ3) is 2.51. The minimum Gasteiger partial charge on any atom is -0.409 e. The molecule has 0 radical (unpaired) electrons. The molecule has 2 aliphatic carbocycles. The summed E-state index contributed by atoms with van der Waals surface area (Å²) in [7, 11) is 0. The Hall–Kier alpha value is -0.910. The zero-order valence-corrected chi connectivity index (χ0v) is 13.4. The van der Waals surface area contributed by atoms with Crippen LogP contribution in [0, 0.1) is 17.8 Å². The first kappa shape index (κ1) is 15.0. The van der Waals surface area contributed by atoms with Crippen LogP contribution < -0.4 is 5.73 Å². The number of carbonyl (C=O) groups excluding carboxylic acids is 1. The fraction of sp³-hybridized carbons (Fsp3) is 0.867. The molecule has 1 aliphatic heterocycles. The number of hydrogen-bond acceptors (Lipinski definition) is 4. The van der Waals surface area contributed by atoms with Crippen molar-refractivity contribution in [2.75, 3.05) is 19.3 Å². The second kappa shape index (κ2) is 5.71. The van der Waals surface area contributed by atoms with Crippen LogP contribution in [0.2, 0.25) is 0 Å². The summed E-state index contributed by atoms with van der Waals surface area (Å²) in [6, 6.07) is 0. The van der Waals surface area contributed by atoms with Gasteiger partial charge >= 0.3 is 0 Å². The van der Waals surface area contributed by atoms with E-state index in [0.717, 1.165) is 38.3 Å². The van der Waals surface area contributed by atoms with Gasteiger partial charge in [-0.05, 0) is 50.2 Å². The Kier molecular flexibility index (Phi) is 4.08. The molecule has 2 saturated carbocycles. The molecule has 5 nitrogen and oxygen atoms in total. The van der Waals surface area contributed by atoms with Gasteiger partial charge in [0, 0.05) is 19.0 Å². The van der Waals surface area contributed by atoms with E-state index in [9.17, 15) is 4.79 Å². The molecule has 3 fully saturated rings. The van der Waals surface area contributed by atoms with Gasteiger partial charge in [0.15, 0.2) is 5.84 Å². The molecule has 1 heterocycles. The Bertz CT molecular complexity index is 446. The van der Waals surface area contributed by atoms with Gasteiger partial charge in [0.25, 0.3) is 0 Å². The number of piperidine rings is 1. The van der Waals surface area contributed by atoms with Gasteiger partial charge in [-0.1, -0.05) is 11.6 Å². The number of nitrogens with zero attached hydrogens (tertiary/aromatic N) is 2. The molecule has 118 valence electrons. The quantitative estimate of drug-likeness (QED) is 0.361. The van der Waals surface area contributed by atoms with Gasteiger partial charge < -0.3 is 15.8 Å². The lowest BCUT2D eigenvalue weighted by Gasteiger charge is -2.41. The molecule has 3 atom stereocenters. The van der Waals surface area contributed by atoms with E-state index in [1.54, 1.807) is 11.8 Å². The largest absolute Gasteiger partial charge is 0.409 e. The van der Waals surface area contributed by atoms with E-state index in [1.807, 2.05) is 11.2 Å². The Morgan fingerprint density at radius 1 is 1.33 bits per heavy atom. The van der Waals surface area contributed by atoms with Gasteiger partial charge in [-0.25, -0.2) is 0 Å². The zero-order valence-electron chi connectivity index (χ0n) is 12.6. The number of oxime groups is 1. The molecular formula is C15H25N3O2S. The van der Waals surface area contributed by atoms with Crippen LogP contribution in [0.15, 0.2) is 5.16 Å². The summed E-state index contributed by atoms with van der Waals surface area (Å²) < 4.78 is -0.305. The summed E-state index contributed by atoms with van der Waals surface area (Å²) in [4.78, 5) is 14.8. The average molecular weight is 311 g/mol. The van der Waals surface area contributed by atoms with Gasteiger partial charge in [0.2, 0.25) is 5.91 Å². The van der Waals surface area contributed by atoms with Crippen LogP contribution in [0.1, 0.15) is 38.5 Å². The topological polar surface area (TPSA) is 78.9 Å². The molecule has 3 aliphatic rings. The summed E-state index contributed by atoms with van der Waals surface area (Å²) in [6.07, 6.45) is 8.48. The summed E-state index contributed by atoms with van der Waals surface area (Å²) >= 11 is 1.63. The molecule has 0 aromatic carbocycles. The highest BCUT2D eigenvalue weighted by molar-refractivity contribution is 8.00. The normalized spacial score (nSPS) is 35.2. The van der Waals surface area contributed by atoms with Crippen molar-refractivity contribution < 1.29 is 10.0 Å². The van der Waals surface area contributed by atoms with Crippen LogP contribution in [0.3, 0.4) is 0 Å². The molecule has 3 N–H and O–H groups in total. The lowest BCUT2D eigenvalue weighted by Crippen LogP contribution is -2.52. The first-order valence-electron chi connectivity index (χ1n) is 7.91. The second-order valence-corrected chi connectivity index (χ2v) is 7.98. The summed E-state index contributed by atoms with van der Waals surface area (Å²) in [5.41, 5.74) is 5.86. The van der Waals surface area contributed by atoms with E-state index < -0.39 is 0 Å². The van der Waals surface area contributed by atoms with Crippen molar-refractivity contribution in [2.45, 2.75) is 43.3 Å². The number of thioether (sulfide) groups is 1. The van der Waals surface area contributed by atoms with Crippen LogP contribution in [0.5, 0.6) is 0 Å². The minimum absolute atomic E-state index is 0.273. The van der Waals surface area contributed by atoms with Crippen molar-refractivity contribution in [2.24, 2.45) is 28.6 Å². The SMILES string of the molecule is CSC1(C(N)=NO)CCN(C(=O)C2CC3CCC2C3)CC1. The predicted octanol–water partition coefficient (Wildman–Crippen LogP) is 1.89. The van der Waals surface area contributed by atoms with E-state index in [1.165, 1.54) is 19.3 Å². The van der Waals surface area contributed by atoms with Crippen LogP contribution in [0.25, 0.3) is 0 Å². The number of carbonyl (C=O) groups is 1. The standard InChI is InChI=1S/C15H25N3O2S/c1-21-15(14(16)17-20)4-6-18(7-5-15)13(19)12-9-10-2-3-11(12)8-10/h10-12,20H,2-9H2,1H3,(H2,16,17). The number of hydrogen-bond donors (Lipinski definition) is 2. The number of likely N-dealkylation sites (tertiary alicyclic amines) is 1. The molecule has 1 amide bonds. The molecule has 3 unspecified atom stereocenters. The van der Waals surface area contributed by atoms with E-state index in [0.29, 0.717) is 17.7 Å². The highest BCUT2D eigenvalue weighted by Crippen LogP contribution is 2.49. The molecule has 1 saturated heterocycles. The monoisotopic (exact) mass is 311 g/mol. The first-order valence-corrected chi connectivity index (χ1v) is 9.14. The minimum atomic E-state index is -0.305. The van der Waals surface area contributed by atoms with E-state index >= 15 is 0 Å². The predicted molar refractivity (Wildman–Crippen MR) is 84.4 cm³/mol. The third-order valence-corrected chi connectivity index (χ3v) is 7.30. The molecule has 21 heavy (non-hydrogen) atoms. The van der Waals surface area contributed by atoms with Crippen molar-refractivity contribution in [1.82, 2.24) is 4.90 Å². The third-order valence-electron chi connectivity index (χ3n) is 5.90. The highest BCUT2D eigenvalue weighted by atomic mass is 32.2. The fourth-order valence-corrected chi connectivity index (χ4v) is 5.37. The van der Waals surface area contributed by atoms with Gasteiger partial charge in [-0.15, -0.1) is 0 Å². The maximum Gasteiger partial charge on any atom is 0.225 e. The Balaban J connectivity index is 1.62. The van der Waals surface area contributed by atoms with Crippen molar-refractivity contribution >= 4 is 23.5 Å². The number of amidine groups is 1. The van der Waals surface area contributed by atoms with Gasteiger partial charge in [-0.2, -0.15) is 11.8 Å². The molecule has 3 rings (SSSR count). The van der Waals surface area contributed by atoms with Gasteiger partial charge in [0.05, 0.1) is 4.75 Å². The number of amides is 1. The average Bonchev–Trinajstić information content (AvgIpc) is 3.16. The lowest BCUT2D eigenvalue weighted by atomic mass is 9.86. The Labute approximate surface area is 130 Å². The van der Waals surface area contributed by atoms with Crippen LogP contribution in [-0.4, -0.2) is 45.9 Å². The van der Waals surface area contributed by atoms with Gasteiger partial charge in [0.1, 0.15) is 0 Å². The first-order chi connectivity index (χ1) is 10.1. The smallest absolute Gasteiger partial charge is 0.225 e. The molecular weight excluding hydrogens is 286 g/mol. The number of fused-ring (bicyclic) bond motifs is 2. The van der Waals surface area contributed by atoms with Crippen molar-refractivity contribution in [1.29, 1.82) is 0 Å². The second-order valence-electron chi connectivity index (χ2n) is 6.79. The summed E-state index contributed by atoms with van der Waals surface area (Å²) in [5, 5.41) is 12.2. The van der Waals surface area contributed by atoms with E-state index in [2.05, 4.69) is 5.16 Å². The van der Waals surface area contributed by atoms with Crippen LogP contribution >= 0.6 is 11.8 Å². The van der Waals surface area contributed by atoms with Crippen LogP contribution in [0.4, 0.5) is 0 Å². The maximum atomic E-state index is 12.7. The van der Waals surface area contributed by atoms with Crippen molar-refractivity contribution in [3.05, 3.63) is 0 Å². The lowest BCUT2D eigenvalue weighted by molar-refractivity contribution is -0.138. The zero-order chi connectivity index (χ0) is 15.0. The van der Waals surface area contributed by atoms with E-state index in [-0.39, 0.29) is 10.7 Å². The summed E-state index contributed by atoms with van der Waals surface area (Å²) in [6.45, 7) is 1.45. The molecule has 2 bridgehead atoms. The van der Waals surface area contributed by atoms with E-state index in [4.69, 9.17) is 10.9 Å². The van der Waals surface area contributed by atoms with Crippen molar-refractivity contribution in [3.63, 3.8) is 0 Å². The fourth-order valence-electron chi connectivity index (χ4n) is 4.53. The molecule has 0 aromatic heterocycles. The highest BCUT2D eigenvalue weighted by Gasteiger charge is 2.46. The van der Waals surface area contributed by atoms with Crippen molar-refractivity contribution in [3.8, 4) is 0 Å². The number of rotatable bonds is 3. The maximum absolute atomic E-state index is 12.7. The molecule has 0 spiro atoms. The molecule has 6 heteroatoms. The Morgan fingerprint density at radius 3 is 2.52 bits per heavy atom. The molecule has 0 aromatic rings. The van der Waals surface area contributed by atoms with Gasteiger partial charge in [-0.3, -0.25) is 4.79 Å². The van der Waals surface area contributed by atoms with Crippen LogP contribution in [-0.2, 0) is 4.79 Å². The summed E-state index contributed by atoms with van der Waals surface area (Å²) in [5.74, 6) is 2.36. The Morgan fingerprint density at radius 2 is 2.05 bits per heavy atom. The number of nitrogens with two attached hydrogens (primary N) is 1.